The maximum Gasteiger partial charge on any atom is 0.264 e. The van der Waals surface area contributed by atoms with Gasteiger partial charge in [-0.15, -0.1) is 11.3 Å². The van der Waals surface area contributed by atoms with Crippen molar-refractivity contribution in [3.05, 3.63) is 64.2 Å². The lowest BCUT2D eigenvalue weighted by atomic mass is 9.94. The van der Waals surface area contributed by atoms with Crippen molar-refractivity contribution in [2.75, 3.05) is 25.6 Å². The number of nitrogens with one attached hydrogen (secondary N) is 1. The van der Waals surface area contributed by atoms with Crippen LogP contribution in [-0.4, -0.2) is 36.7 Å². The molecular formula is C25H29N3O3S. The molecule has 168 valence electrons. The van der Waals surface area contributed by atoms with Gasteiger partial charge in [0, 0.05) is 37.8 Å². The fourth-order valence-corrected chi connectivity index (χ4v) is 5.66. The lowest BCUT2D eigenvalue weighted by Crippen LogP contribution is -2.32. The molecule has 0 saturated heterocycles. The van der Waals surface area contributed by atoms with Crippen molar-refractivity contribution in [1.29, 1.82) is 0 Å². The van der Waals surface area contributed by atoms with E-state index < -0.39 is 5.60 Å². The molecule has 0 spiro atoms. The van der Waals surface area contributed by atoms with Gasteiger partial charge in [0.1, 0.15) is 21.7 Å². The zero-order chi connectivity index (χ0) is 23.0. The molecule has 3 aromatic rings. The Labute approximate surface area is 192 Å². The van der Waals surface area contributed by atoms with Crippen molar-refractivity contribution in [3.63, 3.8) is 0 Å². The van der Waals surface area contributed by atoms with Gasteiger partial charge in [0.05, 0.1) is 23.0 Å². The first kappa shape index (κ1) is 22.3. The van der Waals surface area contributed by atoms with Crippen LogP contribution in [0.15, 0.2) is 48.2 Å². The summed E-state index contributed by atoms with van der Waals surface area (Å²) in [6.45, 7) is 6.24. The second-order valence-corrected chi connectivity index (χ2v) is 9.80. The predicted octanol–water partition coefficient (Wildman–Crippen LogP) is 4.79. The fraction of sp³-hybridized carbons (Fsp3) is 0.360. The number of ether oxygens (including phenoxy) is 1. The van der Waals surface area contributed by atoms with Gasteiger partial charge in [-0.2, -0.15) is 0 Å². The minimum atomic E-state index is -1.16. The Kier molecular flexibility index (Phi) is 5.97. The number of hydrogen-bond donors (Lipinski definition) is 2. The molecule has 0 bridgehead atoms. The van der Waals surface area contributed by atoms with Gasteiger partial charge in [0.2, 0.25) is 0 Å². The highest BCUT2D eigenvalue weighted by Crippen LogP contribution is 2.42. The second-order valence-electron chi connectivity index (χ2n) is 8.78. The third-order valence-corrected chi connectivity index (χ3v) is 6.78. The summed E-state index contributed by atoms with van der Waals surface area (Å²) in [4.78, 5) is 20.6. The van der Waals surface area contributed by atoms with E-state index >= 15 is 0 Å². The molecule has 0 saturated carbocycles. The van der Waals surface area contributed by atoms with Crippen LogP contribution in [0, 0.1) is 0 Å². The number of para-hydroxylation sites is 1. The summed E-state index contributed by atoms with van der Waals surface area (Å²) in [5.41, 5.74) is 3.06. The van der Waals surface area contributed by atoms with Crippen LogP contribution in [0.2, 0.25) is 0 Å². The molecule has 1 aromatic carbocycles. The van der Waals surface area contributed by atoms with E-state index in [1.165, 1.54) is 11.3 Å². The summed E-state index contributed by atoms with van der Waals surface area (Å²) < 4.78 is 6.55. The van der Waals surface area contributed by atoms with Gasteiger partial charge in [0.15, 0.2) is 0 Å². The molecule has 2 aromatic heterocycles. The topological polar surface area (TPSA) is 74.7 Å². The molecule has 1 unspecified atom stereocenters. The number of anilines is 1. The molecule has 0 radical (unpaired) electrons. The molecule has 0 aliphatic carbocycles. The number of benzene rings is 1. The van der Waals surface area contributed by atoms with Crippen LogP contribution >= 0.6 is 11.3 Å². The number of fused-ring (bicyclic) bond motifs is 2. The van der Waals surface area contributed by atoms with Crippen LogP contribution in [0.5, 0.6) is 5.75 Å². The summed E-state index contributed by atoms with van der Waals surface area (Å²) in [6, 6.07) is 9.53. The van der Waals surface area contributed by atoms with E-state index in [4.69, 9.17) is 4.74 Å². The van der Waals surface area contributed by atoms with Crippen LogP contribution < -0.4 is 15.0 Å². The van der Waals surface area contributed by atoms with Crippen molar-refractivity contribution in [2.24, 2.45) is 0 Å². The lowest BCUT2D eigenvalue weighted by molar-refractivity contribution is 0.0929. The van der Waals surface area contributed by atoms with Crippen molar-refractivity contribution in [1.82, 2.24) is 10.3 Å². The quantitative estimate of drug-likeness (QED) is 0.546. The Balaban J connectivity index is 1.78. The van der Waals surface area contributed by atoms with Gasteiger partial charge in [-0.1, -0.05) is 29.8 Å². The van der Waals surface area contributed by atoms with Crippen LogP contribution in [0.4, 0.5) is 5.69 Å². The Morgan fingerprint density at radius 1 is 1.31 bits per heavy atom. The Morgan fingerprint density at radius 2 is 2.06 bits per heavy atom. The first-order chi connectivity index (χ1) is 15.2. The minimum Gasteiger partial charge on any atom is -0.493 e. The SMILES string of the molecule is CC(C)=CC(C)(O)c1ccnc2c(N(C)C)c(C(=O)N[C@H]3CCOc4ccccc43)sc12. The summed E-state index contributed by atoms with van der Waals surface area (Å²) in [5.74, 6) is 0.668. The van der Waals surface area contributed by atoms with Gasteiger partial charge < -0.3 is 20.1 Å². The Morgan fingerprint density at radius 3 is 2.78 bits per heavy atom. The van der Waals surface area contributed by atoms with Crippen LogP contribution in [-0.2, 0) is 5.60 Å². The van der Waals surface area contributed by atoms with Crippen molar-refractivity contribution in [2.45, 2.75) is 38.8 Å². The van der Waals surface area contributed by atoms with Gasteiger partial charge in [-0.25, -0.2) is 0 Å². The van der Waals surface area contributed by atoms with E-state index in [-0.39, 0.29) is 11.9 Å². The highest BCUT2D eigenvalue weighted by Gasteiger charge is 2.30. The van der Waals surface area contributed by atoms with Gasteiger partial charge >= 0.3 is 0 Å². The largest absolute Gasteiger partial charge is 0.493 e. The van der Waals surface area contributed by atoms with E-state index in [0.29, 0.717) is 17.9 Å². The molecule has 1 aliphatic rings. The molecular weight excluding hydrogens is 422 g/mol. The summed E-state index contributed by atoms with van der Waals surface area (Å²) in [7, 11) is 3.81. The molecule has 1 aliphatic heterocycles. The van der Waals surface area contributed by atoms with Crippen LogP contribution in [0.25, 0.3) is 10.2 Å². The second kappa shape index (κ2) is 8.56. The number of hydrogen-bond acceptors (Lipinski definition) is 6. The van der Waals surface area contributed by atoms with E-state index in [2.05, 4.69) is 10.3 Å². The minimum absolute atomic E-state index is 0.117. The van der Waals surface area contributed by atoms with Crippen molar-refractivity contribution >= 4 is 33.1 Å². The maximum atomic E-state index is 13.5. The third kappa shape index (κ3) is 4.10. The lowest BCUT2D eigenvalue weighted by Gasteiger charge is -2.26. The van der Waals surface area contributed by atoms with Gasteiger partial charge in [-0.05, 0) is 32.9 Å². The molecule has 1 amide bonds. The van der Waals surface area contributed by atoms with Gasteiger partial charge in [0.25, 0.3) is 5.91 Å². The fourth-order valence-electron chi connectivity index (χ4n) is 4.30. The van der Waals surface area contributed by atoms with Crippen LogP contribution in [0.1, 0.15) is 54.0 Å². The number of amides is 1. The number of aromatic nitrogens is 1. The number of carbonyl (C=O) groups is 1. The average molecular weight is 452 g/mol. The third-order valence-electron chi connectivity index (χ3n) is 5.58. The van der Waals surface area contributed by atoms with E-state index in [1.54, 1.807) is 13.1 Å². The van der Waals surface area contributed by atoms with Crippen LogP contribution in [0.3, 0.4) is 0 Å². The summed E-state index contributed by atoms with van der Waals surface area (Å²) in [5, 5.41) is 14.4. The van der Waals surface area contributed by atoms with Crippen molar-refractivity contribution < 1.29 is 14.6 Å². The van der Waals surface area contributed by atoms with E-state index in [1.807, 2.05) is 69.3 Å². The summed E-state index contributed by atoms with van der Waals surface area (Å²) in [6.07, 6.45) is 4.24. The number of pyridine rings is 1. The van der Waals surface area contributed by atoms with E-state index in [0.717, 1.165) is 38.4 Å². The molecule has 6 nitrogen and oxygen atoms in total. The zero-order valence-corrected chi connectivity index (χ0v) is 19.9. The zero-order valence-electron chi connectivity index (χ0n) is 19.1. The molecule has 32 heavy (non-hydrogen) atoms. The molecule has 7 heteroatoms. The monoisotopic (exact) mass is 451 g/mol. The maximum absolute atomic E-state index is 13.5. The molecule has 2 atom stereocenters. The number of nitrogens with zero attached hydrogens (tertiary/aromatic N) is 2. The molecule has 3 heterocycles. The highest BCUT2D eigenvalue weighted by atomic mass is 32.1. The first-order valence-electron chi connectivity index (χ1n) is 10.7. The van der Waals surface area contributed by atoms with E-state index in [9.17, 15) is 9.90 Å². The van der Waals surface area contributed by atoms with Crippen molar-refractivity contribution in [3.8, 4) is 5.75 Å². The Hall–Kier alpha value is -2.90. The standard InChI is InChI=1S/C25H29N3O3S/c1-15(2)14-25(3,30)17-10-12-26-20-21(28(4)5)23(32-22(17)20)24(29)27-18-11-13-31-19-9-7-6-8-16(18)19/h6-10,12,14,18,30H,11,13H2,1-5H3,(H,27,29)/t18-,25?/m0/s1. The molecule has 0 fully saturated rings. The first-order valence-corrected chi connectivity index (χ1v) is 11.5. The number of aliphatic hydroxyl groups is 1. The number of rotatable bonds is 5. The smallest absolute Gasteiger partial charge is 0.264 e. The number of thiophene rings is 1. The molecule has 2 N–H and O–H groups in total. The Bertz CT molecular complexity index is 1190. The number of carbonyl (C=O) groups excluding carboxylic acids is 1. The highest BCUT2D eigenvalue weighted by molar-refractivity contribution is 7.21. The van der Waals surface area contributed by atoms with Gasteiger partial charge in [-0.3, -0.25) is 9.78 Å². The average Bonchev–Trinajstić information content (AvgIpc) is 3.13. The predicted molar refractivity (Wildman–Crippen MR) is 130 cm³/mol. The summed E-state index contributed by atoms with van der Waals surface area (Å²) >= 11 is 1.37. The normalized spacial score (nSPS) is 17.1. The number of allylic oxidation sites excluding steroid dienone is 1. The molecule has 4 rings (SSSR count).